The fourth-order valence-electron chi connectivity index (χ4n) is 4.06. The summed E-state index contributed by atoms with van der Waals surface area (Å²) in [6.45, 7) is 3.17. The minimum absolute atomic E-state index is 0.0527. The van der Waals surface area contributed by atoms with Crippen LogP contribution in [0.5, 0.6) is 0 Å². The van der Waals surface area contributed by atoms with Gasteiger partial charge in [0.1, 0.15) is 0 Å². The fraction of sp³-hybridized carbons (Fsp3) is 0.280. The Kier molecular flexibility index (Phi) is 6.34. The molecule has 3 aromatic rings. The van der Waals surface area contributed by atoms with E-state index in [9.17, 15) is 18.0 Å². The van der Waals surface area contributed by atoms with Crippen molar-refractivity contribution in [2.45, 2.75) is 24.8 Å². The van der Waals surface area contributed by atoms with Gasteiger partial charge in [-0.25, -0.2) is 13.1 Å². The van der Waals surface area contributed by atoms with Crippen LogP contribution in [0.3, 0.4) is 0 Å². The highest BCUT2D eigenvalue weighted by Gasteiger charge is 2.34. The van der Waals surface area contributed by atoms with E-state index in [-0.39, 0.29) is 23.3 Å². The molecule has 2 amide bonds. The molecule has 1 heterocycles. The maximum atomic E-state index is 13.2. The lowest BCUT2D eigenvalue weighted by Crippen LogP contribution is -2.41. The zero-order valence-electron chi connectivity index (χ0n) is 19.0. The standard InChI is InChI=1S/C25H27N3O4S/c1-17-8-10-18(11-9-17)16-26-33(31,32)22-13-12-21-23-19(22)6-4-7-20(23)24(29)28(25(21)30)15-5-14-27(2)3/h4,6-13,26H,5,14-16H2,1-3H3. The quantitative estimate of drug-likeness (QED) is 0.517. The number of nitrogens with one attached hydrogen (secondary N) is 1. The van der Waals surface area contributed by atoms with Crippen LogP contribution in [0.1, 0.15) is 38.3 Å². The molecule has 0 fully saturated rings. The molecule has 0 aliphatic carbocycles. The monoisotopic (exact) mass is 465 g/mol. The van der Waals surface area contributed by atoms with Gasteiger partial charge in [-0.15, -0.1) is 0 Å². The second-order valence-electron chi connectivity index (χ2n) is 8.57. The van der Waals surface area contributed by atoms with Crippen molar-refractivity contribution in [1.82, 2.24) is 14.5 Å². The van der Waals surface area contributed by atoms with Crippen molar-refractivity contribution in [1.29, 1.82) is 0 Å². The lowest BCUT2D eigenvalue weighted by Gasteiger charge is -2.28. The molecule has 8 heteroatoms. The molecule has 172 valence electrons. The summed E-state index contributed by atoms with van der Waals surface area (Å²) in [6.07, 6.45) is 0.658. The average molecular weight is 466 g/mol. The van der Waals surface area contributed by atoms with Crippen LogP contribution in [-0.4, -0.2) is 57.2 Å². The molecule has 0 saturated carbocycles. The van der Waals surface area contributed by atoms with E-state index in [0.717, 1.165) is 17.7 Å². The van der Waals surface area contributed by atoms with Crippen LogP contribution in [0.4, 0.5) is 0 Å². The Labute approximate surface area is 194 Å². The van der Waals surface area contributed by atoms with Crippen molar-refractivity contribution >= 4 is 32.6 Å². The minimum atomic E-state index is -3.88. The highest BCUT2D eigenvalue weighted by Crippen LogP contribution is 2.34. The van der Waals surface area contributed by atoms with Crippen molar-refractivity contribution in [3.8, 4) is 0 Å². The molecule has 1 N–H and O–H groups in total. The molecule has 1 aliphatic heterocycles. The highest BCUT2D eigenvalue weighted by atomic mass is 32.2. The third-order valence-corrected chi connectivity index (χ3v) is 7.27. The minimum Gasteiger partial charge on any atom is -0.309 e. The van der Waals surface area contributed by atoms with Gasteiger partial charge in [0.2, 0.25) is 10.0 Å². The molecule has 0 radical (unpaired) electrons. The summed E-state index contributed by atoms with van der Waals surface area (Å²) in [5.41, 5.74) is 2.63. The number of amides is 2. The summed E-state index contributed by atoms with van der Waals surface area (Å²) in [6, 6.07) is 15.5. The average Bonchev–Trinajstić information content (AvgIpc) is 2.78. The zero-order valence-corrected chi connectivity index (χ0v) is 19.8. The maximum Gasteiger partial charge on any atom is 0.261 e. The lowest BCUT2D eigenvalue weighted by atomic mass is 9.94. The molecule has 3 aromatic carbocycles. The third kappa shape index (κ3) is 4.55. The Morgan fingerprint density at radius 2 is 1.58 bits per heavy atom. The van der Waals surface area contributed by atoms with Gasteiger partial charge in [-0.05, 0) is 57.7 Å². The molecule has 0 saturated heterocycles. The molecule has 7 nitrogen and oxygen atoms in total. The van der Waals surface area contributed by atoms with Crippen LogP contribution in [0, 0.1) is 6.92 Å². The number of carbonyl (C=O) groups excluding carboxylic acids is 2. The molecule has 0 aromatic heterocycles. The van der Waals surface area contributed by atoms with Gasteiger partial charge < -0.3 is 4.90 Å². The molecule has 0 unspecified atom stereocenters. The first-order valence-corrected chi connectivity index (χ1v) is 12.3. The van der Waals surface area contributed by atoms with Crippen molar-refractivity contribution in [2.75, 3.05) is 27.2 Å². The first-order chi connectivity index (χ1) is 15.7. The van der Waals surface area contributed by atoms with E-state index in [2.05, 4.69) is 4.72 Å². The van der Waals surface area contributed by atoms with E-state index in [1.165, 1.54) is 17.0 Å². The number of benzene rings is 3. The van der Waals surface area contributed by atoms with Gasteiger partial charge >= 0.3 is 0 Å². The van der Waals surface area contributed by atoms with E-state index in [1.54, 1.807) is 18.2 Å². The van der Waals surface area contributed by atoms with Gasteiger partial charge in [-0.2, -0.15) is 0 Å². The molecular weight excluding hydrogens is 438 g/mol. The van der Waals surface area contributed by atoms with E-state index in [4.69, 9.17) is 0 Å². The van der Waals surface area contributed by atoms with Crippen molar-refractivity contribution < 1.29 is 18.0 Å². The van der Waals surface area contributed by atoms with E-state index in [0.29, 0.717) is 34.9 Å². The maximum absolute atomic E-state index is 13.2. The topological polar surface area (TPSA) is 86.8 Å². The first kappa shape index (κ1) is 23.1. The molecule has 0 bridgehead atoms. The zero-order chi connectivity index (χ0) is 23.8. The van der Waals surface area contributed by atoms with Crippen LogP contribution in [0.25, 0.3) is 10.8 Å². The van der Waals surface area contributed by atoms with Crippen LogP contribution in [0.15, 0.2) is 59.5 Å². The molecular formula is C25H27N3O4S. The second kappa shape index (κ2) is 9.05. The molecule has 33 heavy (non-hydrogen) atoms. The molecule has 0 atom stereocenters. The Balaban J connectivity index is 1.68. The van der Waals surface area contributed by atoms with Crippen LogP contribution >= 0.6 is 0 Å². The number of hydrogen-bond acceptors (Lipinski definition) is 5. The molecule has 4 rings (SSSR count). The molecule has 1 aliphatic rings. The first-order valence-electron chi connectivity index (χ1n) is 10.8. The Morgan fingerprint density at radius 3 is 2.24 bits per heavy atom. The number of rotatable bonds is 8. The lowest BCUT2D eigenvalue weighted by molar-refractivity contribution is 0.0605. The number of imide groups is 1. The number of carbonyl (C=O) groups is 2. The normalized spacial score (nSPS) is 13.9. The van der Waals surface area contributed by atoms with E-state index in [1.807, 2.05) is 50.2 Å². The largest absolute Gasteiger partial charge is 0.309 e. The van der Waals surface area contributed by atoms with Gasteiger partial charge in [0.05, 0.1) is 4.90 Å². The Hall–Kier alpha value is -3.07. The summed E-state index contributed by atoms with van der Waals surface area (Å²) in [5, 5.41) is 0.769. The van der Waals surface area contributed by atoms with Crippen molar-refractivity contribution in [2.24, 2.45) is 0 Å². The van der Waals surface area contributed by atoms with Crippen molar-refractivity contribution in [3.63, 3.8) is 0 Å². The number of sulfonamides is 1. The van der Waals surface area contributed by atoms with Gasteiger partial charge in [-0.1, -0.05) is 42.0 Å². The highest BCUT2D eigenvalue weighted by molar-refractivity contribution is 7.89. The fourth-order valence-corrected chi connectivity index (χ4v) is 5.28. The van der Waals surface area contributed by atoms with Crippen LogP contribution < -0.4 is 4.72 Å². The summed E-state index contributed by atoms with van der Waals surface area (Å²) in [4.78, 5) is 29.5. The summed E-state index contributed by atoms with van der Waals surface area (Å²) in [7, 11) is -0.00628. The summed E-state index contributed by atoms with van der Waals surface area (Å²) < 4.78 is 28.9. The SMILES string of the molecule is Cc1ccc(CNS(=O)(=O)c2ccc3c4c(cccc24)C(=O)N(CCCN(C)C)C3=O)cc1. The Bertz CT molecular complexity index is 1310. The van der Waals surface area contributed by atoms with Gasteiger partial charge in [0, 0.05) is 35.0 Å². The van der Waals surface area contributed by atoms with Gasteiger partial charge in [0.25, 0.3) is 11.8 Å². The predicted molar refractivity (Wildman–Crippen MR) is 128 cm³/mol. The number of nitrogens with zero attached hydrogens (tertiary/aromatic N) is 2. The Morgan fingerprint density at radius 1 is 0.909 bits per heavy atom. The number of aryl methyl sites for hydroxylation is 1. The summed E-state index contributed by atoms with van der Waals surface area (Å²) >= 11 is 0. The number of hydrogen-bond donors (Lipinski definition) is 1. The smallest absolute Gasteiger partial charge is 0.261 e. The predicted octanol–water partition coefficient (Wildman–Crippen LogP) is 3.17. The van der Waals surface area contributed by atoms with Crippen LogP contribution in [0.2, 0.25) is 0 Å². The van der Waals surface area contributed by atoms with Crippen LogP contribution in [-0.2, 0) is 16.6 Å². The van der Waals surface area contributed by atoms with Gasteiger partial charge in [-0.3, -0.25) is 14.5 Å². The second-order valence-corrected chi connectivity index (χ2v) is 10.3. The summed E-state index contributed by atoms with van der Waals surface area (Å²) in [5.74, 6) is -0.780. The third-order valence-electron chi connectivity index (χ3n) is 5.82. The van der Waals surface area contributed by atoms with Gasteiger partial charge in [0.15, 0.2) is 0 Å². The van der Waals surface area contributed by atoms with E-state index >= 15 is 0 Å². The molecule has 0 spiro atoms. The van der Waals surface area contributed by atoms with E-state index < -0.39 is 10.0 Å². The van der Waals surface area contributed by atoms with Crippen molar-refractivity contribution in [3.05, 3.63) is 76.9 Å².